The van der Waals surface area contributed by atoms with Crippen molar-refractivity contribution in [2.75, 3.05) is 0 Å². The van der Waals surface area contributed by atoms with E-state index in [1.165, 1.54) is 0 Å². The number of benzene rings is 2. The number of nitrogens with two attached hydrogens (primary N) is 2. The maximum atomic E-state index is 11.8. The van der Waals surface area contributed by atoms with Crippen molar-refractivity contribution in [3.8, 4) is 11.3 Å². The first kappa shape index (κ1) is 23.8. The van der Waals surface area contributed by atoms with Crippen molar-refractivity contribution in [3.63, 3.8) is 0 Å². The highest BCUT2D eigenvalue weighted by Gasteiger charge is 2.30. The van der Waals surface area contributed by atoms with Gasteiger partial charge >= 0.3 is 0 Å². The minimum atomic E-state index is -0.489. The molecule has 1 unspecified atom stereocenters. The first-order valence-electron chi connectivity index (χ1n) is 11.9. The van der Waals surface area contributed by atoms with Crippen molar-refractivity contribution in [2.45, 2.75) is 31.6 Å². The van der Waals surface area contributed by atoms with Crippen molar-refractivity contribution in [1.82, 2.24) is 15.0 Å². The molecule has 36 heavy (non-hydrogen) atoms. The quantitative estimate of drug-likeness (QED) is 0.352. The number of fused-ring (bicyclic) bond motifs is 1. The molecule has 4 aromatic rings. The monoisotopic (exact) mass is 499 g/mol. The number of nitrogens with one attached hydrogen (secondary N) is 1. The molecule has 0 radical (unpaired) electrons. The first-order valence-corrected chi connectivity index (χ1v) is 12.2. The third-order valence-corrected chi connectivity index (χ3v) is 7.13. The van der Waals surface area contributed by atoms with Gasteiger partial charge in [0.2, 0.25) is 11.8 Å². The highest BCUT2D eigenvalue weighted by Crippen LogP contribution is 2.36. The van der Waals surface area contributed by atoms with E-state index < -0.39 is 5.91 Å². The SMILES string of the molecule is NC(=O)c1ccc(-c2nc([C@@H](Cc3ccccc3)c3nccc4c3CCC(C(N)=O)C4)[nH]c2Cl)cc1. The molecule has 0 fully saturated rings. The van der Waals surface area contributed by atoms with E-state index in [9.17, 15) is 9.59 Å². The van der Waals surface area contributed by atoms with Crippen molar-refractivity contribution < 1.29 is 9.59 Å². The Balaban J connectivity index is 1.57. The van der Waals surface area contributed by atoms with Crippen LogP contribution in [-0.4, -0.2) is 26.8 Å². The molecule has 1 aliphatic rings. The summed E-state index contributed by atoms with van der Waals surface area (Å²) in [5.74, 6) is -0.380. The highest BCUT2D eigenvalue weighted by atomic mass is 35.5. The smallest absolute Gasteiger partial charge is 0.248 e. The number of aromatic nitrogens is 3. The van der Waals surface area contributed by atoms with Crippen LogP contribution >= 0.6 is 11.6 Å². The van der Waals surface area contributed by atoms with Gasteiger partial charge < -0.3 is 16.5 Å². The Bertz CT molecular complexity index is 1420. The molecule has 0 saturated carbocycles. The van der Waals surface area contributed by atoms with Gasteiger partial charge in [-0.2, -0.15) is 0 Å². The molecule has 2 aromatic heterocycles. The number of carbonyl (C=O) groups excluding carboxylic acids is 2. The molecule has 182 valence electrons. The molecule has 2 atom stereocenters. The van der Waals surface area contributed by atoms with E-state index in [0.717, 1.165) is 34.4 Å². The summed E-state index contributed by atoms with van der Waals surface area (Å²) in [6.45, 7) is 0. The zero-order chi connectivity index (χ0) is 25.2. The number of H-pyrrole nitrogens is 1. The van der Waals surface area contributed by atoms with Crippen molar-refractivity contribution in [1.29, 1.82) is 0 Å². The summed E-state index contributed by atoms with van der Waals surface area (Å²) in [6, 6.07) is 19.0. The number of imidazole rings is 1. The number of hydrogen-bond acceptors (Lipinski definition) is 4. The van der Waals surface area contributed by atoms with E-state index in [2.05, 4.69) is 17.1 Å². The van der Waals surface area contributed by atoms with Gasteiger partial charge in [-0.05, 0) is 60.6 Å². The number of amides is 2. The second kappa shape index (κ2) is 9.95. The zero-order valence-corrected chi connectivity index (χ0v) is 20.3. The van der Waals surface area contributed by atoms with Crippen LogP contribution in [0.1, 0.15) is 50.9 Å². The summed E-state index contributed by atoms with van der Waals surface area (Å²) in [6.07, 6.45) is 4.52. The van der Waals surface area contributed by atoms with Gasteiger partial charge in [-0.1, -0.05) is 54.1 Å². The Labute approximate surface area is 213 Å². The molecule has 0 spiro atoms. The largest absolute Gasteiger partial charge is 0.369 e. The number of halogens is 1. The fraction of sp³-hybridized carbons (Fsp3) is 0.214. The summed E-state index contributed by atoms with van der Waals surface area (Å²) in [7, 11) is 0. The van der Waals surface area contributed by atoms with Gasteiger partial charge in [0.1, 0.15) is 16.7 Å². The van der Waals surface area contributed by atoms with Gasteiger partial charge in [0.15, 0.2) is 0 Å². The second-order valence-corrected chi connectivity index (χ2v) is 9.52. The van der Waals surface area contributed by atoms with Crippen LogP contribution in [0.4, 0.5) is 0 Å². The third kappa shape index (κ3) is 4.75. The number of primary amides is 2. The predicted octanol–water partition coefficient (Wildman–Crippen LogP) is 4.19. The molecule has 5 N–H and O–H groups in total. The summed E-state index contributed by atoms with van der Waals surface area (Å²) < 4.78 is 0. The van der Waals surface area contributed by atoms with Crippen LogP contribution < -0.4 is 11.5 Å². The van der Waals surface area contributed by atoms with Gasteiger partial charge in [-0.3, -0.25) is 14.6 Å². The van der Waals surface area contributed by atoms with Crippen LogP contribution in [-0.2, 0) is 24.1 Å². The number of hydrogen-bond donors (Lipinski definition) is 3. The lowest BCUT2D eigenvalue weighted by Gasteiger charge is -2.26. The van der Waals surface area contributed by atoms with Gasteiger partial charge in [0, 0.05) is 23.2 Å². The van der Waals surface area contributed by atoms with Gasteiger partial charge in [0.25, 0.3) is 0 Å². The molecule has 0 aliphatic heterocycles. The van der Waals surface area contributed by atoms with Gasteiger partial charge in [0.05, 0.1) is 11.6 Å². The van der Waals surface area contributed by atoms with Crippen LogP contribution in [0.3, 0.4) is 0 Å². The van der Waals surface area contributed by atoms with E-state index in [1.54, 1.807) is 30.5 Å². The summed E-state index contributed by atoms with van der Waals surface area (Å²) in [5.41, 5.74) is 17.1. The van der Waals surface area contributed by atoms with Crippen LogP contribution in [0.2, 0.25) is 5.15 Å². The lowest BCUT2D eigenvalue weighted by atomic mass is 9.80. The maximum Gasteiger partial charge on any atom is 0.248 e. The number of aromatic amines is 1. The molecule has 2 heterocycles. The molecular formula is C28H26ClN5O2. The summed E-state index contributed by atoms with van der Waals surface area (Å²) >= 11 is 6.63. The van der Waals surface area contributed by atoms with Gasteiger partial charge in [-0.25, -0.2) is 4.98 Å². The Morgan fingerprint density at radius 1 is 1.06 bits per heavy atom. The summed E-state index contributed by atoms with van der Waals surface area (Å²) in [5, 5.41) is 0.411. The fourth-order valence-corrected chi connectivity index (χ4v) is 5.20. The van der Waals surface area contributed by atoms with Crippen molar-refractivity contribution >= 4 is 23.4 Å². The maximum absolute atomic E-state index is 11.8. The van der Waals surface area contributed by atoms with E-state index in [0.29, 0.717) is 41.5 Å². The van der Waals surface area contributed by atoms with Crippen LogP contribution in [0.5, 0.6) is 0 Å². The number of rotatable bonds is 7. The minimum absolute atomic E-state index is 0.159. The predicted molar refractivity (Wildman–Crippen MR) is 138 cm³/mol. The molecule has 2 amide bonds. The van der Waals surface area contributed by atoms with Crippen molar-refractivity contribution in [3.05, 3.63) is 106 Å². The van der Waals surface area contributed by atoms with E-state index in [1.807, 2.05) is 24.3 Å². The first-order chi connectivity index (χ1) is 17.4. The molecule has 8 heteroatoms. The van der Waals surface area contributed by atoms with E-state index in [4.69, 9.17) is 33.0 Å². The fourth-order valence-electron chi connectivity index (χ4n) is 4.95. The van der Waals surface area contributed by atoms with E-state index >= 15 is 0 Å². The topological polar surface area (TPSA) is 128 Å². The molecule has 2 aromatic carbocycles. The average molecular weight is 500 g/mol. The Morgan fingerprint density at radius 3 is 2.50 bits per heavy atom. The van der Waals surface area contributed by atoms with Crippen LogP contribution in [0.25, 0.3) is 11.3 Å². The average Bonchev–Trinajstić information content (AvgIpc) is 3.28. The van der Waals surface area contributed by atoms with Gasteiger partial charge in [-0.15, -0.1) is 0 Å². The standard InChI is InChI=1S/C28H26ClN5O2/c29-25-23(17-6-8-18(9-7-17)26(30)35)33-28(34-25)22(14-16-4-2-1-3-5-16)24-21-11-10-20(27(31)36)15-19(21)12-13-32-24/h1-9,12-13,20,22H,10-11,14-15H2,(H2,30,35)(H2,31,36)(H,33,34)/t20?,22-/m0/s1. The lowest BCUT2D eigenvalue weighted by molar-refractivity contribution is -0.122. The molecule has 0 bridgehead atoms. The molecule has 7 nitrogen and oxygen atoms in total. The third-order valence-electron chi connectivity index (χ3n) is 6.86. The van der Waals surface area contributed by atoms with E-state index in [-0.39, 0.29) is 17.7 Å². The molecule has 1 aliphatic carbocycles. The molecular weight excluding hydrogens is 474 g/mol. The number of pyridine rings is 1. The zero-order valence-electron chi connectivity index (χ0n) is 19.6. The van der Waals surface area contributed by atoms with Crippen LogP contribution in [0, 0.1) is 5.92 Å². The Kier molecular flexibility index (Phi) is 6.57. The summed E-state index contributed by atoms with van der Waals surface area (Å²) in [4.78, 5) is 36.3. The normalized spacial score (nSPS) is 15.8. The lowest BCUT2D eigenvalue weighted by Crippen LogP contribution is -2.29. The molecule has 5 rings (SSSR count). The number of nitrogens with zero attached hydrogens (tertiary/aromatic N) is 2. The molecule has 0 saturated heterocycles. The highest BCUT2D eigenvalue weighted by molar-refractivity contribution is 6.31. The number of carbonyl (C=O) groups is 2. The van der Waals surface area contributed by atoms with Crippen LogP contribution in [0.15, 0.2) is 66.9 Å². The Hall–Kier alpha value is -3.97. The Morgan fingerprint density at radius 2 is 1.81 bits per heavy atom. The minimum Gasteiger partial charge on any atom is -0.369 e. The second-order valence-electron chi connectivity index (χ2n) is 9.14. The van der Waals surface area contributed by atoms with Crippen molar-refractivity contribution in [2.24, 2.45) is 17.4 Å².